The topological polar surface area (TPSA) is 40.5 Å². The molecule has 0 aliphatic carbocycles. The van der Waals surface area contributed by atoms with Gasteiger partial charge in [-0.15, -0.1) is 0 Å². The van der Waals surface area contributed by atoms with Gasteiger partial charge in [0, 0.05) is 29.8 Å². The van der Waals surface area contributed by atoms with E-state index < -0.39 is 6.61 Å². The van der Waals surface area contributed by atoms with Crippen LogP contribution >= 0.6 is 0 Å². The van der Waals surface area contributed by atoms with Crippen molar-refractivity contribution in [2.75, 3.05) is 6.61 Å². The van der Waals surface area contributed by atoms with Gasteiger partial charge in [0.1, 0.15) is 5.75 Å². The van der Waals surface area contributed by atoms with Crippen molar-refractivity contribution in [3.05, 3.63) is 95.7 Å². The van der Waals surface area contributed by atoms with Gasteiger partial charge in [-0.2, -0.15) is 8.78 Å². The Bertz CT molecular complexity index is 1250. The quantitative estimate of drug-likeness (QED) is 0.252. The van der Waals surface area contributed by atoms with Crippen LogP contribution in [0.2, 0.25) is 0 Å². The monoisotopic (exact) mass is 463 g/mol. The number of aromatic nitrogens is 1. The lowest BCUT2D eigenvalue weighted by Crippen LogP contribution is -2.05. The molecule has 0 atom stereocenters. The first-order valence-electron chi connectivity index (χ1n) is 11.4. The third-order valence-electron chi connectivity index (χ3n) is 5.72. The van der Waals surface area contributed by atoms with Gasteiger partial charge in [-0.1, -0.05) is 42.5 Å². The molecule has 3 aromatic carbocycles. The lowest BCUT2D eigenvalue weighted by Gasteiger charge is -2.09. The summed E-state index contributed by atoms with van der Waals surface area (Å²) in [4.78, 5) is 11.8. The first kappa shape index (κ1) is 23.5. The van der Waals surface area contributed by atoms with Gasteiger partial charge >= 0.3 is 12.6 Å². The molecule has 1 aromatic heterocycles. The third kappa shape index (κ3) is 5.81. The highest BCUT2D eigenvalue weighted by atomic mass is 19.3. The minimum Gasteiger partial charge on any atom is -0.466 e. The normalized spacial score (nSPS) is 11.2. The number of ether oxygens (including phenoxy) is 2. The molecule has 0 aliphatic heterocycles. The Morgan fingerprint density at radius 1 is 0.912 bits per heavy atom. The predicted octanol–water partition coefficient (Wildman–Crippen LogP) is 6.51. The van der Waals surface area contributed by atoms with Crippen LogP contribution in [0.25, 0.3) is 16.6 Å². The molecule has 0 saturated heterocycles. The highest BCUT2D eigenvalue weighted by Crippen LogP contribution is 2.29. The fourth-order valence-electron chi connectivity index (χ4n) is 4.13. The summed E-state index contributed by atoms with van der Waals surface area (Å²) in [5.41, 5.74) is 5.16. The molecule has 0 aliphatic rings. The van der Waals surface area contributed by atoms with E-state index >= 15 is 0 Å². The van der Waals surface area contributed by atoms with Gasteiger partial charge in [-0.3, -0.25) is 4.79 Å². The summed E-state index contributed by atoms with van der Waals surface area (Å²) in [6, 6.07) is 23.1. The lowest BCUT2D eigenvalue weighted by molar-refractivity contribution is -0.143. The minimum absolute atomic E-state index is 0.117. The summed E-state index contributed by atoms with van der Waals surface area (Å²) in [5.74, 6) is -0.0912. The lowest BCUT2D eigenvalue weighted by atomic mass is 10.0. The maximum Gasteiger partial charge on any atom is 0.387 e. The van der Waals surface area contributed by atoms with E-state index in [1.807, 2.05) is 41.0 Å². The van der Waals surface area contributed by atoms with Crippen molar-refractivity contribution in [2.24, 2.45) is 0 Å². The van der Waals surface area contributed by atoms with Crippen molar-refractivity contribution >= 4 is 16.9 Å². The molecule has 0 unspecified atom stereocenters. The first-order valence-corrected chi connectivity index (χ1v) is 11.4. The maximum atomic E-state index is 12.7. The summed E-state index contributed by atoms with van der Waals surface area (Å²) in [6.45, 7) is -0.703. The second-order valence-corrected chi connectivity index (χ2v) is 8.04. The molecule has 34 heavy (non-hydrogen) atoms. The van der Waals surface area contributed by atoms with Crippen molar-refractivity contribution in [1.82, 2.24) is 4.57 Å². The van der Waals surface area contributed by atoms with E-state index in [1.54, 1.807) is 19.1 Å². The molecule has 176 valence electrons. The zero-order valence-corrected chi connectivity index (χ0v) is 19.0. The number of hydrogen-bond acceptors (Lipinski definition) is 3. The number of halogens is 2. The third-order valence-corrected chi connectivity index (χ3v) is 5.72. The molecule has 4 aromatic rings. The number of benzene rings is 3. The van der Waals surface area contributed by atoms with Gasteiger partial charge in [-0.05, 0) is 67.1 Å². The molecule has 0 amide bonds. The number of carbonyl (C=O) groups excluding carboxylic acids is 1. The molecule has 0 saturated carbocycles. The number of aryl methyl sites for hydroxylation is 3. The molecule has 0 radical (unpaired) electrons. The van der Waals surface area contributed by atoms with Crippen LogP contribution in [0.1, 0.15) is 30.0 Å². The first-order chi connectivity index (χ1) is 16.5. The Morgan fingerprint density at radius 3 is 2.50 bits per heavy atom. The van der Waals surface area contributed by atoms with Crippen LogP contribution in [0, 0.1) is 0 Å². The van der Waals surface area contributed by atoms with E-state index in [4.69, 9.17) is 4.74 Å². The summed E-state index contributed by atoms with van der Waals surface area (Å²) in [5, 5.41) is 1.08. The fourth-order valence-corrected chi connectivity index (χ4v) is 4.13. The summed E-state index contributed by atoms with van der Waals surface area (Å²) >= 11 is 0. The van der Waals surface area contributed by atoms with Crippen molar-refractivity contribution in [2.45, 2.75) is 39.2 Å². The molecule has 0 spiro atoms. The van der Waals surface area contributed by atoms with Gasteiger partial charge in [-0.25, -0.2) is 0 Å². The molecular formula is C28H27F2NO3. The molecule has 0 N–H and O–H groups in total. The number of hydrogen-bond donors (Lipinski definition) is 0. The van der Waals surface area contributed by atoms with E-state index in [0.29, 0.717) is 19.4 Å². The molecule has 6 heteroatoms. The highest BCUT2D eigenvalue weighted by Gasteiger charge is 2.13. The van der Waals surface area contributed by atoms with Crippen LogP contribution in [0.3, 0.4) is 0 Å². The predicted molar refractivity (Wildman–Crippen MR) is 129 cm³/mol. The maximum absolute atomic E-state index is 12.7. The van der Waals surface area contributed by atoms with E-state index in [0.717, 1.165) is 40.6 Å². The molecular weight excluding hydrogens is 436 g/mol. The van der Waals surface area contributed by atoms with Crippen LogP contribution < -0.4 is 4.74 Å². The average Bonchev–Trinajstić information content (AvgIpc) is 3.20. The zero-order valence-electron chi connectivity index (χ0n) is 19.0. The largest absolute Gasteiger partial charge is 0.466 e. The van der Waals surface area contributed by atoms with Gasteiger partial charge in [0.15, 0.2) is 0 Å². The number of fused-ring (bicyclic) bond motifs is 1. The molecule has 0 fully saturated rings. The number of carbonyl (C=O) groups is 1. The molecule has 1 heterocycles. The van der Waals surface area contributed by atoms with Gasteiger partial charge in [0.25, 0.3) is 0 Å². The van der Waals surface area contributed by atoms with Crippen molar-refractivity contribution in [3.8, 4) is 11.4 Å². The minimum atomic E-state index is -2.87. The van der Waals surface area contributed by atoms with Crippen LogP contribution in [0.15, 0.2) is 79.0 Å². The van der Waals surface area contributed by atoms with Crippen molar-refractivity contribution < 1.29 is 23.0 Å². The van der Waals surface area contributed by atoms with Crippen molar-refractivity contribution in [3.63, 3.8) is 0 Å². The SMILES string of the molecule is CCOC(=O)CCc1ccc2c(c1)c(CCc1ccccc1)cn2-c1cccc(OC(F)F)c1. The Kier molecular flexibility index (Phi) is 7.58. The van der Waals surface area contributed by atoms with Gasteiger partial charge in [0.05, 0.1) is 12.1 Å². The standard InChI is InChI=1S/C28H27F2NO3/c1-2-33-27(32)16-13-21-12-15-26-25(17-21)22(14-11-20-7-4-3-5-8-20)19-31(26)23-9-6-10-24(18-23)34-28(29)30/h3-10,12,15,17-19,28H,2,11,13-14,16H2,1H3. The van der Waals surface area contributed by atoms with E-state index in [2.05, 4.69) is 29.1 Å². The summed E-state index contributed by atoms with van der Waals surface area (Å²) in [7, 11) is 0. The molecule has 0 bridgehead atoms. The van der Waals surface area contributed by atoms with E-state index in [-0.39, 0.29) is 11.7 Å². The number of rotatable bonds is 10. The summed E-state index contributed by atoms with van der Waals surface area (Å²) in [6.07, 6.45) is 4.68. The van der Waals surface area contributed by atoms with Crippen LogP contribution in [-0.4, -0.2) is 23.8 Å². The molecule has 4 nitrogen and oxygen atoms in total. The molecule has 4 rings (SSSR count). The Labute approximate surface area is 197 Å². The number of esters is 1. The average molecular weight is 464 g/mol. The van der Waals surface area contributed by atoms with Gasteiger partial charge in [0.2, 0.25) is 0 Å². The Balaban J connectivity index is 1.68. The smallest absolute Gasteiger partial charge is 0.387 e. The highest BCUT2D eigenvalue weighted by molar-refractivity contribution is 5.86. The fraction of sp³-hybridized carbons (Fsp3) is 0.250. The van der Waals surface area contributed by atoms with Crippen molar-refractivity contribution in [1.29, 1.82) is 0 Å². The zero-order chi connectivity index (χ0) is 23.9. The van der Waals surface area contributed by atoms with Crippen LogP contribution in [-0.2, 0) is 28.8 Å². The second kappa shape index (κ2) is 11.0. The van der Waals surface area contributed by atoms with Crippen LogP contribution in [0.4, 0.5) is 8.78 Å². The number of nitrogens with zero attached hydrogens (tertiary/aromatic N) is 1. The number of alkyl halides is 2. The van der Waals surface area contributed by atoms with E-state index in [9.17, 15) is 13.6 Å². The van der Waals surface area contributed by atoms with E-state index in [1.165, 1.54) is 11.6 Å². The summed E-state index contributed by atoms with van der Waals surface area (Å²) < 4.78 is 37.1. The Hall–Kier alpha value is -3.67. The second-order valence-electron chi connectivity index (χ2n) is 8.04. The Morgan fingerprint density at radius 2 is 1.74 bits per heavy atom. The van der Waals surface area contributed by atoms with Crippen LogP contribution in [0.5, 0.6) is 5.75 Å². The van der Waals surface area contributed by atoms with Gasteiger partial charge < -0.3 is 14.0 Å².